The molecule has 3 rings (SSSR count). The van der Waals surface area contributed by atoms with E-state index in [0.29, 0.717) is 18.5 Å². The average molecular weight is 288 g/mol. The monoisotopic (exact) mass is 288 g/mol. The van der Waals surface area contributed by atoms with Crippen LogP contribution in [0, 0.1) is 0 Å². The number of ether oxygens (including phenoxy) is 1. The van der Waals surface area contributed by atoms with Gasteiger partial charge in [-0.25, -0.2) is 4.98 Å². The lowest BCUT2D eigenvalue weighted by Crippen LogP contribution is -2.30. The van der Waals surface area contributed by atoms with Gasteiger partial charge in [-0.3, -0.25) is 0 Å². The first kappa shape index (κ1) is 13.9. The largest absolute Gasteiger partial charge is 0.467 e. The maximum absolute atomic E-state index is 5.47. The summed E-state index contributed by atoms with van der Waals surface area (Å²) in [6, 6.07) is 6.04. The van der Waals surface area contributed by atoms with Gasteiger partial charge < -0.3 is 19.4 Å². The van der Waals surface area contributed by atoms with Crippen molar-refractivity contribution in [2.75, 3.05) is 30.5 Å². The Labute approximate surface area is 124 Å². The van der Waals surface area contributed by atoms with Crippen molar-refractivity contribution in [3.05, 3.63) is 36.4 Å². The minimum absolute atomic E-state index is 0.330. The van der Waals surface area contributed by atoms with E-state index in [0.717, 1.165) is 37.6 Å². The number of furan rings is 1. The van der Waals surface area contributed by atoms with Gasteiger partial charge in [-0.2, -0.15) is 4.98 Å². The SMILES string of the molecule is CN(Cc1ccco1)c1nccc(N[C@@H]2CCCOC2)n1. The molecule has 0 bridgehead atoms. The van der Waals surface area contributed by atoms with Crippen LogP contribution in [0.5, 0.6) is 0 Å². The van der Waals surface area contributed by atoms with Gasteiger partial charge >= 0.3 is 0 Å². The van der Waals surface area contributed by atoms with Crippen molar-refractivity contribution in [3.8, 4) is 0 Å². The number of hydrogen-bond donors (Lipinski definition) is 1. The lowest BCUT2D eigenvalue weighted by molar-refractivity contribution is 0.0875. The van der Waals surface area contributed by atoms with Crippen LogP contribution in [-0.4, -0.2) is 36.3 Å². The first-order valence-corrected chi connectivity index (χ1v) is 7.22. The third-order valence-corrected chi connectivity index (χ3v) is 3.47. The number of hydrogen-bond acceptors (Lipinski definition) is 6. The molecule has 0 amide bonds. The summed E-state index contributed by atoms with van der Waals surface area (Å²) in [5.41, 5.74) is 0. The highest BCUT2D eigenvalue weighted by atomic mass is 16.5. The van der Waals surface area contributed by atoms with Crippen LogP contribution in [0.2, 0.25) is 0 Å². The Kier molecular flexibility index (Phi) is 4.35. The smallest absolute Gasteiger partial charge is 0.227 e. The maximum Gasteiger partial charge on any atom is 0.227 e. The second-order valence-corrected chi connectivity index (χ2v) is 5.24. The minimum atomic E-state index is 0.330. The summed E-state index contributed by atoms with van der Waals surface area (Å²) in [6.07, 6.45) is 5.65. The number of nitrogens with zero attached hydrogens (tertiary/aromatic N) is 3. The molecule has 0 aliphatic carbocycles. The second kappa shape index (κ2) is 6.58. The Balaban J connectivity index is 1.64. The van der Waals surface area contributed by atoms with Crippen molar-refractivity contribution in [2.45, 2.75) is 25.4 Å². The van der Waals surface area contributed by atoms with Crippen LogP contribution in [-0.2, 0) is 11.3 Å². The Morgan fingerprint density at radius 3 is 3.14 bits per heavy atom. The first-order valence-electron chi connectivity index (χ1n) is 7.22. The molecule has 3 heterocycles. The minimum Gasteiger partial charge on any atom is -0.467 e. The Morgan fingerprint density at radius 1 is 1.43 bits per heavy atom. The van der Waals surface area contributed by atoms with E-state index in [1.807, 2.05) is 30.1 Å². The molecule has 0 radical (unpaired) electrons. The zero-order valence-corrected chi connectivity index (χ0v) is 12.2. The zero-order valence-electron chi connectivity index (χ0n) is 12.2. The third-order valence-electron chi connectivity index (χ3n) is 3.47. The molecule has 6 nitrogen and oxygen atoms in total. The number of aromatic nitrogens is 2. The second-order valence-electron chi connectivity index (χ2n) is 5.24. The summed E-state index contributed by atoms with van der Waals surface area (Å²) in [7, 11) is 1.95. The van der Waals surface area contributed by atoms with Crippen LogP contribution in [0.25, 0.3) is 0 Å². The summed E-state index contributed by atoms with van der Waals surface area (Å²) >= 11 is 0. The molecule has 6 heteroatoms. The van der Waals surface area contributed by atoms with Gasteiger partial charge in [-0.05, 0) is 31.0 Å². The van der Waals surface area contributed by atoms with Gasteiger partial charge in [0.05, 0.1) is 25.5 Å². The van der Waals surface area contributed by atoms with Crippen LogP contribution in [0.4, 0.5) is 11.8 Å². The van der Waals surface area contributed by atoms with E-state index in [1.54, 1.807) is 12.5 Å². The Hall–Kier alpha value is -2.08. The summed E-state index contributed by atoms with van der Waals surface area (Å²) in [6.45, 7) is 2.24. The van der Waals surface area contributed by atoms with E-state index in [4.69, 9.17) is 9.15 Å². The fraction of sp³-hybridized carbons (Fsp3) is 0.467. The Bertz CT molecular complexity index is 553. The molecular formula is C15H20N4O2. The highest BCUT2D eigenvalue weighted by molar-refractivity contribution is 5.41. The molecule has 2 aromatic heterocycles. The predicted molar refractivity (Wildman–Crippen MR) is 80.3 cm³/mol. The molecule has 0 aromatic carbocycles. The molecule has 0 saturated carbocycles. The summed E-state index contributed by atoms with van der Waals surface area (Å²) < 4.78 is 10.8. The molecular weight excluding hydrogens is 268 g/mol. The van der Waals surface area contributed by atoms with Gasteiger partial charge in [-0.15, -0.1) is 0 Å². The summed E-state index contributed by atoms with van der Waals surface area (Å²) in [5, 5.41) is 3.41. The number of nitrogens with one attached hydrogen (secondary N) is 1. The molecule has 0 unspecified atom stereocenters. The maximum atomic E-state index is 5.47. The molecule has 1 saturated heterocycles. The van der Waals surface area contributed by atoms with Crippen LogP contribution in [0.3, 0.4) is 0 Å². The molecule has 1 aliphatic heterocycles. The van der Waals surface area contributed by atoms with Gasteiger partial charge in [0, 0.05) is 19.9 Å². The van der Waals surface area contributed by atoms with Crippen molar-refractivity contribution in [1.82, 2.24) is 9.97 Å². The molecule has 21 heavy (non-hydrogen) atoms. The topological polar surface area (TPSA) is 63.4 Å². The molecule has 2 aromatic rings. The van der Waals surface area contributed by atoms with Crippen LogP contribution in [0.1, 0.15) is 18.6 Å². The molecule has 1 aliphatic rings. The Morgan fingerprint density at radius 2 is 2.38 bits per heavy atom. The van der Waals surface area contributed by atoms with Gasteiger partial charge in [-0.1, -0.05) is 0 Å². The molecule has 1 N–H and O–H groups in total. The van der Waals surface area contributed by atoms with Crippen LogP contribution >= 0.6 is 0 Å². The van der Waals surface area contributed by atoms with Gasteiger partial charge in [0.2, 0.25) is 5.95 Å². The highest BCUT2D eigenvalue weighted by Gasteiger charge is 2.15. The first-order chi connectivity index (χ1) is 10.3. The normalized spacial score (nSPS) is 18.4. The third kappa shape index (κ3) is 3.72. The lowest BCUT2D eigenvalue weighted by atomic mass is 10.1. The van der Waals surface area contributed by atoms with E-state index in [1.165, 1.54) is 0 Å². The van der Waals surface area contributed by atoms with E-state index >= 15 is 0 Å². The van der Waals surface area contributed by atoms with Crippen LogP contribution in [0.15, 0.2) is 35.1 Å². The quantitative estimate of drug-likeness (QED) is 0.911. The van der Waals surface area contributed by atoms with Crippen molar-refractivity contribution in [3.63, 3.8) is 0 Å². The molecule has 112 valence electrons. The van der Waals surface area contributed by atoms with E-state index in [-0.39, 0.29) is 0 Å². The average Bonchev–Trinajstić information content (AvgIpc) is 3.01. The van der Waals surface area contributed by atoms with Crippen molar-refractivity contribution >= 4 is 11.8 Å². The summed E-state index contributed by atoms with van der Waals surface area (Å²) in [5.74, 6) is 2.40. The highest BCUT2D eigenvalue weighted by Crippen LogP contribution is 2.16. The zero-order chi connectivity index (χ0) is 14.5. The van der Waals surface area contributed by atoms with E-state index in [2.05, 4.69) is 15.3 Å². The van der Waals surface area contributed by atoms with E-state index < -0.39 is 0 Å². The van der Waals surface area contributed by atoms with Crippen LogP contribution < -0.4 is 10.2 Å². The van der Waals surface area contributed by atoms with Crippen molar-refractivity contribution in [1.29, 1.82) is 0 Å². The fourth-order valence-corrected chi connectivity index (χ4v) is 2.38. The van der Waals surface area contributed by atoms with Crippen molar-refractivity contribution < 1.29 is 9.15 Å². The van der Waals surface area contributed by atoms with Crippen molar-refractivity contribution in [2.24, 2.45) is 0 Å². The predicted octanol–water partition coefficient (Wildman–Crippen LogP) is 2.30. The number of anilines is 2. The standard InChI is InChI=1S/C15H20N4O2/c1-19(10-13-5-3-9-21-13)15-16-7-6-14(18-15)17-12-4-2-8-20-11-12/h3,5-7,9,12H,2,4,8,10-11H2,1H3,(H,16,17,18)/t12-/m1/s1. The summed E-state index contributed by atoms with van der Waals surface area (Å²) in [4.78, 5) is 10.8. The molecule has 0 spiro atoms. The van der Waals surface area contributed by atoms with Gasteiger partial charge in [0.25, 0.3) is 0 Å². The molecule has 1 atom stereocenters. The molecule has 1 fully saturated rings. The van der Waals surface area contributed by atoms with E-state index in [9.17, 15) is 0 Å². The fourth-order valence-electron chi connectivity index (χ4n) is 2.38. The van der Waals surface area contributed by atoms with Gasteiger partial charge in [0.1, 0.15) is 11.6 Å². The van der Waals surface area contributed by atoms with Gasteiger partial charge in [0.15, 0.2) is 0 Å². The number of rotatable bonds is 5. The lowest BCUT2D eigenvalue weighted by Gasteiger charge is -2.24.